The highest BCUT2D eigenvalue weighted by Gasteiger charge is 2.17. The Labute approximate surface area is 202 Å². The number of aromatic nitrogens is 3. The SMILES string of the molecule is O=C(CSc1nnc(-c2ccc(F)cc2)n1Cc1ccccc1)Nc1ccc([N+](=O)[O-])cc1Cl. The maximum absolute atomic E-state index is 13.4. The van der Waals surface area contributed by atoms with Crippen LogP contribution in [0.4, 0.5) is 15.8 Å². The third-order valence-electron chi connectivity index (χ3n) is 4.77. The lowest BCUT2D eigenvalue weighted by Gasteiger charge is -2.11. The zero-order valence-corrected chi connectivity index (χ0v) is 19.1. The summed E-state index contributed by atoms with van der Waals surface area (Å²) in [5.74, 6) is -0.165. The summed E-state index contributed by atoms with van der Waals surface area (Å²) >= 11 is 7.23. The summed E-state index contributed by atoms with van der Waals surface area (Å²) in [5, 5.41) is 22.6. The van der Waals surface area contributed by atoms with E-state index in [0.29, 0.717) is 23.1 Å². The molecule has 0 aliphatic carbocycles. The standard InChI is InChI=1S/C23H17ClFN5O3S/c24-19-12-18(30(32)33)10-11-20(19)26-21(31)14-34-23-28-27-22(16-6-8-17(25)9-7-16)29(23)13-15-4-2-1-3-5-15/h1-12H,13-14H2,(H,26,31). The van der Waals surface area contributed by atoms with Gasteiger partial charge < -0.3 is 5.32 Å². The maximum atomic E-state index is 13.4. The highest BCUT2D eigenvalue weighted by atomic mass is 35.5. The van der Waals surface area contributed by atoms with Crippen molar-refractivity contribution in [3.8, 4) is 11.4 Å². The number of anilines is 1. The molecule has 1 aromatic heterocycles. The predicted molar refractivity (Wildman–Crippen MR) is 128 cm³/mol. The summed E-state index contributed by atoms with van der Waals surface area (Å²) in [7, 11) is 0. The minimum atomic E-state index is -0.564. The number of carbonyl (C=O) groups is 1. The lowest BCUT2D eigenvalue weighted by atomic mass is 10.2. The van der Waals surface area contributed by atoms with Crippen LogP contribution in [0.2, 0.25) is 5.02 Å². The van der Waals surface area contributed by atoms with Gasteiger partial charge in [-0.2, -0.15) is 0 Å². The molecule has 0 bridgehead atoms. The van der Waals surface area contributed by atoms with Crippen LogP contribution in [0.5, 0.6) is 0 Å². The molecule has 8 nitrogen and oxygen atoms in total. The van der Waals surface area contributed by atoms with E-state index >= 15 is 0 Å². The molecule has 11 heteroatoms. The topological polar surface area (TPSA) is 103 Å². The molecule has 0 unspecified atom stereocenters. The number of carbonyl (C=O) groups excluding carboxylic acids is 1. The van der Waals surface area contributed by atoms with Crippen molar-refractivity contribution in [3.63, 3.8) is 0 Å². The Morgan fingerprint density at radius 2 is 1.82 bits per heavy atom. The van der Waals surface area contributed by atoms with E-state index < -0.39 is 4.92 Å². The van der Waals surface area contributed by atoms with Crippen LogP contribution in [-0.4, -0.2) is 31.3 Å². The quantitative estimate of drug-likeness (QED) is 0.198. The number of hydrogen-bond donors (Lipinski definition) is 1. The lowest BCUT2D eigenvalue weighted by Crippen LogP contribution is -2.15. The number of nitrogens with zero attached hydrogens (tertiary/aromatic N) is 4. The van der Waals surface area contributed by atoms with Crippen molar-refractivity contribution in [2.24, 2.45) is 0 Å². The monoisotopic (exact) mass is 497 g/mol. The molecule has 0 saturated heterocycles. The molecule has 0 fully saturated rings. The first-order chi connectivity index (χ1) is 16.4. The number of hydrogen-bond acceptors (Lipinski definition) is 6. The van der Waals surface area contributed by atoms with E-state index in [2.05, 4.69) is 15.5 Å². The fourth-order valence-corrected chi connectivity index (χ4v) is 4.11. The smallest absolute Gasteiger partial charge is 0.271 e. The Hall–Kier alpha value is -3.76. The van der Waals surface area contributed by atoms with Gasteiger partial charge in [-0.05, 0) is 35.9 Å². The van der Waals surface area contributed by atoms with E-state index in [-0.39, 0.29) is 33.9 Å². The average molecular weight is 498 g/mol. The van der Waals surface area contributed by atoms with Crippen molar-refractivity contribution in [2.75, 3.05) is 11.1 Å². The Morgan fingerprint density at radius 1 is 1.09 bits per heavy atom. The van der Waals surface area contributed by atoms with Crippen LogP contribution >= 0.6 is 23.4 Å². The van der Waals surface area contributed by atoms with Crippen LogP contribution in [0.1, 0.15) is 5.56 Å². The third-order valence-corrected chi connectivity index (χ3v) is 6.05. The van der Waals surface area contributed by atoms with Crippen LogP contribution < -0.4 is 5.32 Å². The van der Waals surface area contributed by atoms with Crippen LogP contribution in [0.3, 0.4) is 0 Å². The van der Waals surface area contributed by atoms with Crippen molar-refractivity contribution in [1.29, 1.82) is 0 Å². The largest absolute Gasteiger partial charge is 0.324 e. The molecule has 0 aliphatic heterocycles. The van der Waals surface area contributed by atoms with Gasteiger partial charge in [0.05, 0.1) is 27.9 Å². The maximum Gasteiger partial charge on any atom is 0.271 e. The molecule has 0 saturated carbocycles. The van der Waals surface area contributed by atoms with Crippen molar-refractivity contribution < 1.29 is 14.1 Å². The minimum Gasteiger partial charge on any atom is -0.324 e. The second-order valence-electron chi connectivity index (χ2n) is 7.14. The van der Waals surface area contributed by atoms with Gasteiger partial charge >= 0.3 is 0 Å². The number of nitro groups is 1. The normalized spacial score (nSPS) is 10.8. The summed E-state index contributed by atoms with van der Waals surface area (Å²) in [5.41, 5.74) is 1.81. The van der Waals surface area contributed by atoms with Gasteiger partial charge in [0.1, 0.15) is 5.82 Å². The molecule has 4 aromatic rings. The molecular formula is C23H17ClFN5O3S. The predicted octanol–water partition coefficient (Wildman–Crippen LogP) is 5.42. The van der Waals surface area contributed by atoms with Gasteiger partial charge in [0.2, 0.25) is 5.91 Å². The van der Waals surface area contributed by atoms with Gasteiger partial charge in [0.15, 0.2) is 11.0 Å². The number of amides is 1. The van der Waals surface area contributed by atoms with Crippen molar-refractivity contribution in [3.05, 3.63) is 99.3 Å². The molecule has 1 heterocycles. The number of benzene rings is 3. The lowest BCUT2D eigenvalue weighted by molar-refractivity contribution is -0.384. The molecule has 1 amide bonds. The molecule has 0 spiro atoms. The van der Waals surface area contributed by atoms with Gasteiger partial charge in [-0.3, -0.25) is 19.5 Å². The van der Waals surface area contributed by atoms with E-state index in [1.807, 2.05) is 34.9 Å². The summed E-state index contributed by atoms with van der Waals surface area (Å²) in [6.07, 6.45) is 0. The first-order valence-electron chi connectivity index (χ1n) is 10.0. The molecule has 3 aromatic carbocycles. The summed E-state index contributed by atoms with van der Waals surface area (Å²) in [6, 6.07) is 19.5. The Morgan fingerprint density at radius 3 is 2.50 bits per heavy atom. The van der Waals surface area contributed by atoms with Gasteiger partial charge in [-0.25, -0.2) is 4.39 Å². The molecule has 0 radical (unpaired) electrons. The number of thioether (sulfide) groups is 1. The second-order valence-corrected chi connectivity index (χ2v) is 8.49. The average Bonchev–Trinajstić information content (AvgIpc) is 3.22. The van der Waals surface area contributed by atoms with E-state index in [1.54, 1.807) is 12.1 Å². The van der Waals surface area contributed by atoms with Crippen molar-refractivity contribution in [2.45, 2.75) is 11.7 Å². The van der Waals surface area contributed by atoms with E-state index in [1.165, 1.54) is 42.1 Å². The van der Waals surface area contributed by atoms with Gasteiger partial charge in [-0.1, -0.05) is 53.7 Å². The fourth-order valence-electron chi connectivity index (χ4n) is 3.15. The van der Waals surface area contributed by atoms with E-state index in [4.69, 9.17) is 11.6 Å². The van der Waals surface area contributed by atoms with E-state index in [0.717, 1.165) is 5.56 Å². The number of nitrogens with one attached hydrogen (secondary N) is 1. The number of non-ortho nitro benzene ring substituents is 1. The zero-order valence-electron chi connectivity index (χ0n) is 17.5. The highest BCUT2D eigenvalue weighted by Crippen LogP contribution is 2.28. The van der Waals surface area contributed by atoms with E-state index in [9.17, 15) is 19.3 Å². The van der Waals surface area contributed by atoms with Crippen LogP contribution in [0.25, 0.3) is 11.4 Å². The van der Waals surface area contributed by atoms with Crippen molar-refractivity contribution >= 4 is 40.6 Å². The number of nitro benzene ring substituents is 1. The van der Waals surface area contributed by atoms with Gasteiger partial charge in [-0.15, -0.1) is 10.2 Å². The Bertz CT molecular complexity index is 1330. The number of rotatable bonds is 8. The molecule has 0 aliphatic rings. The second kappa shape index (κ2) is 10.4. The van der Waals surface area contributed by atoms with Gasteiger partial charge in [0.25, 0.3) is 5.69 Å². The highest BCUT2D eigenvalue weighted by molar-refractivity contribution is 7.99. The first kappa shape index (κ1) is 23.4. The Kier molecular flexibility index (Phi) is 7.19. The van der Waals surface area contributed by atoms with Crippen molar-refractivity contribution in [1.82, 2.24) is 14.8 Å². The minimum absolute atomic E-state index is 0.00363. The molecule has 34 heavy (non-hydrogen) atoms. The fraction of sp³-hybridized carbons (Fsp3) is 0.0870. The molecule has 4 rings (SSSR count). The summed E-state index contributed by atoms with van der Waals surface area (Å²) < 4.78 is 15.3. The molecule has 1 N–H and O–H groups in total. The van der Waals surface area contributed by atoms with Crippen LogP contribution in [0.15, 0.2) is 78.0 Å². The first-order valence-corrected chi connectivity index (χ1v) is 11.4. The van der Waals surface area contributed by atoms with Crippen LogP contribution in [-0.2, 0) is 11.3 Å². The summed E-state index contributed by atoms with van der Waals surface area (Å²) in [6.45, 7) is 0.457. The molecule has 172 valence electrons. The molecular weight excluding hydrogens is 481 g/mol. The summed E-state index contributed by atoms with van der Waals surface area (Å²) in [4.78, 5) is 22.8. The van der Waals surface area contributed by atoms with Crippen LogP contribution in [0, 0.1) is 15.9 Å². The third kappa shape index (κ3) is 5.59. The van der Waals surface area contributed by atoms with Gasteiger partial charge in [0, 0.05) is 17.7 Å². The Balaban J connectivity index is 1.52. The number of halogens is 2. The molecule has 0 atom stereocenters. The zero-order chi connectivity index (χ0) is 24.1.